The van der Waals surface area contributed by atoms with Crippen molar-refractivity contribution < 1.29 is 13.9 Å². The van der Waals surface area contributed by atoms with Crippen LogP contribution < -0.4 is 15.2 Å². The van der Waals surface area contributed by atoms with Gasteiger partial charge in [0.2, 0.25) is 0 Å². The third-order valence-electron chi connectivity index (χ3n) is 3.32. The quantitative estimate of drug-likeness (QED) is 0.934. The number of nitrogens with two attached hydrogens (primary N) is 1. The fourth-order valence-corrected chi connectivity index (χ4v) is 2.58. The number of rotatable bonds is 3. The molecule has 5 heteroatoms. The van der Waals surface area contributed by atoms with Crippen LogP contribution in [-0.4, -0.2) is 14.2 Å². The number of hydrogen-bond donors (Lipinski definition) is 1. The molecular weight excluding hydrogens is 289 g/mol. The van der Waals surface area contributed by atoms with Crippen molar-refractivity contribution in [3.63, 3.8) is 0 Å². The molecule has 1 aromatic carbocycles. The summed E-state index contributed by atoms with van der Waals surface area (Å²) >= 11 is 3.18. The van der Waals surface area contributed by atoms with E-state index in [-0.39, 0.29) is 5.75 Å². The predicted molar refractivity (Wildman–Crippen MR) is 66.9 cm³/mol. The lowest BCUT2D eigenvalue weighted by molar-refractivity contribution is 0.238. The molecule has 1 aliphatic carbocycles. The molecule has 94 valence electrons. The Labute approximate surface area is 108 Å². The van der Waals surface area contributed by atoms with E-state index < -0.39 is 11.4 Å². The molecule has 1 fully saturated rings. The van der Waals surface area contributed by atoms with Crippen LogP contribution in [0.2, 0.25) is 0 Å². The van der Waals surface area contributed by atoms with Crippen LogP contribution in [0.15, 0.2) is 10.5 Å². The summed E-state index contributed by atoms with van der Waals surface area (Å²) in [4.78, 5) is 0. The van der Waals surface area contributed by atoms with Gasteiger partial charge in [-0.2, -0.15) is 0 Å². The van der Waals surface area contributed by atoms with Gasteiger partial charge in [-0.25, -0.2) is 4.39 Å². The van der Waals surface area contributed by atoms with E-state index in [2.05, 4.69) is 15.9 Å². The summed E-state index contributed by atoms with van der Waals surface area (Å²) in [5, 5.41) is 0. The minimum atomic E-state index is -0.462. The molecular formula is C12H15BrFNO2. The van der Waals surface area contributed by atoms with Crippen molar-refractivity contribution in [3.8, 4) is 11.5 Å². The zero-order valence-corrected chi connectivity index (χ0v) is 11.4. The van der Waals surface area contributed by atoms with Crippen molar-refractivity contribution in [1.29, 1.82) is 0 Å². The maximum atomic E-state index is 13.8. The minimum absolute atomic E-state index is 0.105. The number of halogens is 2. The van der Waals surface area contributed by atoms with Crippen LogP contribution in [0.3, 0.4) is 0 Å². The predicted octanol–water partition coefficient (Wildman–Crippen LogP) is 2.94. The van der Waals surface area contributed by atoms with Crippen molar-refractivity contribution in [2.45, 2.75) is 24.8 Å². The zero-order valence-electron chi connectivity index (χ0n) is 9.85. The fourth-order valence-electron chi connectivity index (χ4n) is 2.17. The molecule has 0 amide bonds. The van der Waals surface area contributed by atoms with Crippen LogP contribution >= 0.6 is 15.9 Å². The van der Waals surface area contributed by atoms with Gasteiger partial charge in [0.25, 0.3) is 0 Å². The Hall–Kier alpha value is -0.810. The van der Waals surface area contributed by atoms with Crippen molar-refractivity contribution in [1.82, 2.24) is 0 Å². The topological polar surface area (TPSA) is 44.5 Å². The number of methoxy groups -OCH3 is 2. The van der Waals surface area contributed by atoms with Crippen molar-refractivity contribution in [3.05, 3.63) is 21.9 Å². The first kappa shape index (κ1) is 12.6. The number of ether oxygens (including phenoxy) is 2. The molecule has 0 aromatic heterocycles. The molecule has 2 rings (SSSR count). The van der Waals surface area contributed by atoms with Gasteiger partial charge < -0.3 is 15.2 Å². The van der Waals surface area contributed by atoms with E-state index in [1.807, 2.05) is 0 Å². The van der Waals surface area contributed by atoms with Crippen molar-refractivity contribution in [2.24, 2.45) is 5.73 Å². The second-order valence-electron chi connectivity index (χ2n) is 4.30. The molecule has 0 atom stereocenters. The van der Waals surface area contributed by atoms with Crippen molar-refractivity contribution >= 4 is 15.9 Å². The van der Waals surface area contributed by atoms with Crippen LogP contribution in [0.25, 0.3) is 0 Å². The Kier molecular flexibility index (Phi) is 3.32. The van der Waals surface area contributed by atoms with E-state index >= 15 is 0 Å². The molecule has 3 nitrogen and oxygen atoms in total. The average Bonchev–Trinajstić information content (AvgIpc) is 2.28. The van der Waals surface area contributed by atoms with E-state index in [1.54, 1.807) is 6.07 Å². The lowest BCUT2D eigenvalue weighted by atomic mass is 9.72. The van der Waals surface area contributed by atoms with Crippen LogP contribution in [0.4, 0.5) is 4.39 Å². The van der Waals surface area contributed by atoms with E-state index in [9.17, 15) is 4.39 Å². The summed E-state index contributed by atoms with van der Waals surface area (Å²) in [6, 6.07) is 1.69. The highest BCUT2D eigenvalue weighted by Gasteiger charge is 2.39. The maximum absolute atomic E-state index is 13.8. The molecule has 0 radical (unpaired) electrons. The molecule has 0 spiro atoms. The van der Waals surface area contributed by atoms with Gasteiger partial charge in [-0.1, -0.05) is 0 Å². The van der Waals surface area contributed by atoms with Gasteiger partial charge in [-0.15, -0.1) is 0 Å². The van der Waals surface area contributed by atoms with Crippen LogP contribution in [-0.2, 0) is 5.54 Å². The molecule has 17 heavy (non-hydrogen) atoms. The Morgan fingerprint density at radius 2 is 1.88 bits per heavy atom. The van der Waals surface area contributed by atoms with E-state index in [0.29, 0.717) is 10.2 Å². The molecule has 0 saturated heterocycles. The van der Waals surface area contributed by atoms with E-state index in [0.717, 1.165) is 24.8 Å². The summed E-state index contributed by atoms with van der Waals surface area (Å²) in [5.74, 6) is 0.0417. The highest BCUT2D eigenvalue weighted by molar-refractivity contribution is 9.10. The fraction of sp³-hybridized carbons (Fsp3) is 0.500. The molecule has 1 saturated carbocycles. The summed E-state index contributed by atoms with van der Waals surface area (Å²) in [6.07, 6.45) is 2.84. The molecule has 2 N–H and O–H groups in total. The van der Waals surface area contributed by atoms with Crippen LogP contribution in [0.1, 0.15) is 24.8 Å². The molecule has 0 heterocycles. The molecule has 0 unspecified atom stereocenters. The lowest BCUT2D eigenvalue weighted by Crippen LogP contribution is -2.43. The molecule has 1 aromatic rings. The van der Waals surface area contributed by atoms with Crippen LogP contribution in [0.5, 0.6) is 11.5 Å². The summed E-state index contributed by atoms with van der Waals surface area (Å²) in [6.45, 7) is 0. The Morgan fingerprint density at radius 1 is 1.29 bits per heavy atom. The van der Waals surface area contributed by atoms with E-state index in [4.69, 9.17) is 15.2 Å². The standard InChI is InChI=1S/C12H15BrFNO2/c1-16-10-7(12(15)4-3-5-12)6-8(13)9(14)11(10)17-2/h6H,3-5,15H2,1-2H3. The SMILES string of the molecule is COc1c(C2(N)CCC2)cc(Br)c(F)c1OC. The van der Waals surface area contributed by atoms with Gasteiger partial charge in [0, 0.05) is 11.1 Å². The highest BCUT2D eigenvalue weighted by atomic mass is 79.9. The lowest BCUT2D eigenvalue weighted by Gasteiger charge is -2.39. The first-order chi connectivity index (χ1) is 8.03. The number of hydrogen-bond acceptors (Lipinski definition) is 3. The Morgan fingerprint density at radius 3 is 2.29 bits per heavy atom. The normalized spacial score (nSPS) is 17.5. The Balaban J connectivity index is 2.62. The van der Waals surface area contributed by atoms with Gasteiger partial charge in [0.05, 0.1) is 18.7 Å². The van der Waals surface area contributed by atoms with Gasteiger partial charge in [0.1, 0.15) is 0 Å². The second kappa shape index (κ2) is 4.46. The summed E-state index contributed by atoms with van der Waals surface area (Å²) in [5.41, 5.74) is 6.64. The van der Waals surface area contributed by atoms with E-state index in [1.165, 1.54) is 14.2 Å². The van der Waals surface area contributed by atoms with Gasteiger partial charge in [0.15, 0.2) is 17.3 Å². The van der Waals surface area contributed by atoms with Gasteiger partial charge in [-0.3, -0.25) is 0 Å². The third-order valence-corrected chi connectivity index (χ3v) is 3.90. The van der Waals surface area contributed by atoms with Gasteiger partial charge in [-0.05, 0) is 41.3 Å². The zero-order chi connectivity index (χ0) is 12.6. The average molecular weight is 304 g/mol. The largest absolute Gasteiger partial charge is 0.492 e. The summed E-state index contributed by atoms with van der Waals surface area (Å²) < 4.78 is 24.5. The minimum Gasteiger partial charge on any atom is -0.492 e. The summed E-state index contributed by atoms with van der Waals surface area (Å²) in [7, 11) is 2.91. The first-order valence-electron chi connectivity index (χ1n) is 5.43. The molecule has 1 aliphatic rings. The molecule has 0 aliphatic heterocycles. The Bertz CT molecular complexity index is 447. The maximum Gasteiger partial charge on any atom is 0.198 e. The first-order valence-corrected chi connectivity index (χ1v) is 6.22. The smallest absolute Gasteiger partial charge is 0.198 e. The number of benzene rings is 1. The van der Waals surface area contributed by atoms with Crippen molar-refractivity contribution in [2.75, 3.05) is 14.2 Å². The van der Waals surface area contributed by atoms with Gasteiger partial charge >= 0.3 is 0 Å². The third kappa shape index (κ3) is 1.91. The second-order valence-corrected chi connectivity index (χ2v) is 5.15. The van der Waals surface area contributed by atoms with Crippen LogP contribution in [0, 0.1) is 5.82 Å². The highest BCUT2D eigenvalue weighted by Crippen LogP contribution is 2.48. The molecule has 0 bridgehead atoms. The monoisotopic (exact) mass is 303 g/mol.